The van der Waals surface area contributed by atoms with E-state index in [2.05, 4.69) is 131 Å². The zero-order valence-corrected chi connectivity index (χ0v) is 28.1. The molecule has 0 atom stereocenters. The zero-order valence-electron chi connectivity index (χ0n) is 28.7. The van der Waals surface area contributed by atoms with E-state index in [1.54, 1.807) is 11.8 Å². The molecule has 0 fully saturated rings. The van der Waals surface area contributed by atoms with Gasteiger partial charge in [-0.1, -0.05) is 179 Å². The highest BCUT2D eigenvalue weighted by Crippen LogP contribution is 2.61. The molecule has 0 unspecified atom stereocenters. The normalized spacial score (nSPS) is 15.1. The van der Waals surface area contributed by atoms with Crippen LogP contribution in [-0.4, -0.2) is 8.07 Å². The lowest BCUT2D eigenvalue weighted by Crippen LogP contribution is -2.74. The highest BCUT2D eigenvalue weighted by atomic mass is 79.9. The van der Waals surface area contributed by atoms with E-state index in [-0.39, 0.29) is 28.6 Å². The maximum absolute atomic E-state index is 9.51. The molecule has 0 N–H and O–H groups in total. The number of benzene rings is 7. The van der Waals surface area contributed by atoms with Crippen molar-refractivity contribution in [1.82, 2.24) is 0 Å². The molecule has 1 heterocycles. The molecule has 0 radical (unpaired) electrons. The van der Waals surface area contributed by atoms with Gasteiger partial charge in [-0.25, -0.2) is 0 Å². The first kappa shape index (κ1) is 23.9. The fraction of sp³-hybridized carbons (Fsp3) is 0.0233. The van der Waals surface area contributed by atoms with Crippen LogP contribution in [0.4, 0.5) is 0 Å². The monoisotopic (exact) mass is 688 g/mol. The lowest BCUT2D eigenvalue weighted by molar-refractivity contribution is 0.723. The van der Waals surface area contributed by atoms with E-state index >= 15 is 0 Å². The van der Waals surface area contributed by atoms with E-state index in [1.165, 1.54) is 38.3 Å². The lowest BCUT2D eigenvalue weighted by atomic mass is 9.67. The van der Waals surface area contributed by atoms with Gasteiger partial charge in [-0.3, -0.25) is 0 Å². The Morgan fingerprint density at radius 1 is 0.500 bits per heavy atom. The molecule has 0 aromatic heterocycles. The highest BCUT2D eigenvalue weighted by molar-refractivity contribution is 9.10. The van der Waals surface area contributed by atoms with Crippen LogP contribution in [0.25, 0.3) is 11.1 Å². The lowest BCUT2D eigenvalue weighted by Gasteiger charge is -2.41. The average Bonchev–Trinajstić information content (AvgIpc) is 3.46. The number of hydrogen-bond donors (Lipinski definition) is 0. The molecule has 1 spiro atoms. The molecule has 1 aliphatic carbocycles. The van der Waals surface area contributed by atoms with Crippen molar-refractivity contribution in [3.63, 3.8) is 0 Å². The molecule has 46 heavy (non-hydrogen) atoms. The molecule has 0 amide bonds. The Morgan fingerprint density at radius 2 is 1.04 bits per heavy atom. The van der Waals surface area contributed by atoms with Crippen LogP contribution >= 0.6 is 27.7 Å². The Morgan fingerprint density at radius 3 is 1.70 bits per heavy atom. The van der Waals surface area contributed by atoms with Gasteiger partial charge < -0.3 is 0 Å². The van der Waals surface area contributed by atoms with E-state index in [9.17, 15) is 2.74 Å². The van der Waals surface area contributed by atoms with Gasteiger partial charge in [0.2, 0.25) is 0 Å². The maximum Gasteiger partial charge on any atom is 0.179 e. The summed E-state index contributed by atoms with van der Waals surface area (Å²) < 4.78 is 36.7. The number of fused-ring (bicyclic) bond motifs is 9. The van der Waals surface area contributed by atoms with Gasteiger partial charge in [-0.2, -0.15) is 0 Å². The van der Waals surface area contributed by atoms with E-state index < -0.39 is 13.5 Å². The largest absolute Gasteiger partial charge is 0.179 e. The van der Waals surface area contributed by atoms with Crippen LogP contribution in [0, 0.1) is 0 Å². The molecular weight excluding hydrogens is 657 g/mol. The van der Waals surface area contributed by atoms with Gasteiger partial charge in [0, 0.05) is 14.3 Å². The maximum atomic E-state index is 9.51. The number of rotatable bonds is 4. The van der Waals surface area contributed by atoms with E-state index in [0.29, 0.717) is 5.19 Å². The molecule has 9 rings (SSSR count). The van der Waals surface area contributed by atoms with E-state index in [0.717, 1.165) is 20.5 Å². The second kappa shape index (κ2) is 10.8. The van der Waals surface area contributed by atoms with Crippen molar-refractivity contribution in [2.45, 2.75) is 15.2 Å². The first-order valence-corrected chi connectivity index (χ1v) is 19.0. The van der Waals surface area contributed by atoms with Crippen molar-refractivity contribution in [3.05, 3.63) is 203 Å². The number of hydrogen-bond acceptors (Lipinski definition) is 1. The molecule has 0 saturated heterocycles. The molecule has 7 aromatic rings. The van der Waals surface area contributed by atoms with Crippen LogP contribution in [0.15, 0.2) is 190 Å². The SMILES string of the molecule is [2H]c1c([2H])c(Br)c([2H])c([Si](c2ccccc2)(c2ccccc2)c2ccc3c(c2)Sc2ccccc2C32c3ccccc3-c3ccccc32)c1[2H]. The van der Waals surface area contributed by atoms with Crippen molar-refractivity contribution >= 4 is 56.5 Å². The summed E-state index contributed by atoms with van der Waals surface area (Å²) in [5.41, 5.74) is 7.01. The third-order valence-electron chi connectivity index (χ3n) is 9.67. The molecule has 0 nitrogen and oxygen atoms in total. The predicted octanol–water partition coefficient (Wildman–Crippen LogP) is 8.65. The standard InChI is InChI=1S/C43H29BrSSi/c44-30-14-13-19-33(28-30)46(31-15-3-1-4-16-31,32-17-5-2-6-18-32)34-26-27-40-42(29-34)45-41-25-12-11-24-39(41)43(40)37-22-9-7-20-35(37)36-21-8-10-23-38(36)43/h1-29H/i13D,14D,19D,28D. The van der Waals surface area contributed by atoms with Crippen LogP contribution in [0.2, 0.25) is 0 Å². The summed E-state index contributed by atoms with van der Waals surface area (Å²) in [6.07, 6.45) is 0. The summed E-state index contributed by atoms with van der Waals surface area (Å²) in [5, 5.41) is 3.57. The van der Waals surface area contributed by atoms with Gasteiger partial charge in [0.1, 0.15) is 0 Å². The smallest absolute Gasteiger partial charge is 0.0894 e. The number of halogens is 1. The fourth-order valence-corrected chi connectivity index (χ4v) is 14.2. The van der Waals surface area contributed by atoms with Gasteiger partial charge in [-0.05, 0) is 78.3 Å². The minimum absolute atomic E-state index is 0.0617. The van der Waals surface area contributed by atoms with Crippen molar-refractivity contribution in [2.24, 2.45) is 0 Å². The fourth-order valence-electron chi connectivity index (χ4n) is 7.91. The second-order valence-electron chi connectivity index (χ2n) is 11.8. The van der Waals surface area contributed by atoms with Gasteiger partial charge in [-0.15, -0.1) is 0 Å². The Kier molecular flexibility index (Phi) is 5.62. The van der Waals surface area contributed by atoms with Gasteiger partial charge in [0.15, 0.2) is 8.07 Å². The quantitative estimate of drug-likeness (QED) is 0.132. The third kappa shape index (κ3) is 3.86. The molecular formula is C43H29BrSSi. The second-order valence-corrected chi connectivity index (χ2v) is 17.4. The first-order chi connectivity index (χ1) is 24.4. The van der Waals surface area contributed by atoms with Gasteiger partial charge in [0.25, 0.3) is 0 Å². The molecule has 218 valence electrons. The summed E-state index contributed by atoms with van der Waals surface area (Å²) in [7, 11) is -3.44. The Bertz CT molecular complexity index is 2370. The molecule has 1 aliphatic heterocycles. The minimum Gasteiger partial charge on any atom is -0.0894 e. The summed E-state index contributed by atoms with van der Waals surface area (Å²) in [5.74, 6) is 0. The summed E-state index contributed by atoms with van der Waals surface area (Å²) >= 11 is 5.29. The van der Waals surface area contributed by atoms with Crippen molar-refractivity contribution in [3.8, 4) is 11.1 Å². The Hall–Kier alpha value is -4.41. The predicted molar refractivity (Wildman–Crippen MR) is 199 cm³/mol. The molecule has 2 aliphatic rings. The van der Waals surface area contributed by atoms with Gasteiger partial charge >= 0.3 is 0 Å². The summed E-state index contributed by atoms with van der Waals surface area (Å²) in [6, 6.07) is 53.4. The molecule has 7 aromatic carbocycles. The minimum atomic E-state index is -3.44. The van der Waals surface area contributed by atoms with Gasteiger partial charge in [0.05, 0.1) is 10.9 Å². The topological polar surface area (TPSA) is 0 Å². The summed E-state index contributed by atoms with van der Waals surface area (Å²) in [4.78, 5) is 2.34. The van der Waals surface area contributed by atoms with E-state index in [1.807, 2.05) is 36.4 Å². The van der Waals surface area contributed by atoms with E-state index in [4.69, 9.17) is 2.74 Å². The van der Waals surface area contributed by atoms with Crippen LogP contribution < -0.4 is 20.7 Å². The van der Waals surface area contributed by atoms with Crippen LogP contribution in [0.3, 0.4) is 0 Å². The Balaban J connectivity index is 1.42. The molecule has 3 heteroatoms. The molecule has 0 bridgehead atoms. The van der Waals surface area contributed by atoms with Crippen molar-refractivity contribution < 1.29 is 5.48 Å². The van der Waals surface area contributed by atoms with Crippen LogP contribution in [0.5, 0.6) is 0 Å². The van der Waals surface area contributed by atoms with Crippen LogP contribution in [0.1, 0.15) is 27.7 Å². The Labute approximate surface area is 289 Å². The zero-order chi connectivity index (χ0) is 34.2. The summed E-state index contributed by atoms with van der Waals surface area (Å²) in [6.45, 7) is 0. The van der Waals surface area contributed by atoms with Crippen LogP contribution in [-0.2, 0) is 5.41 Å². The highest BCUT2D eigenvalue weighted by Gasteiger charge is 2.51. The average molecular weight is 690 g/mol. The molecule has 0 saturated carbocycles. The first-order valence-electron chi connectivity index (χ1n) is 17.4. The third-order valence-corrected chi connectivity index (χ3v) is 15.8. The van der Waals surface area contributed by atoms with Crippen molar-refractivity contribution in [2.75, 3.05) is 0 Å². The van der Waals surface area contributed by atoms with Crippen molar-refractivity contribution in [1.29, 1.82) is 0 Å².